The SMILES string of the molecule is NC(=O)C(=S)CCS(=O)(=O)O. The molecule has 0 aromatic carbocycles. The molecule has 0 atom stereocenters. The average molecular weight is 197 g/mol. The number of primary amides is 1. The fraction of sp³-hybridized carbons (Fsp3) is 0.500. The van der Waals surface area contributed by atoms with E-state index in [4.69, 9.17) is 10.3 Å². The van der Waals surface area contributed by atoms with Crippen molar-refractivity contribution in [2.24, 2.45) is 5.73 Å². The molecule has 0 saturated carbocycles. The largest absolute Gasteiger partial charge is 0.365 e. The van der Waals surface area contributed by atoms with Crippen LogP contribution in [0, 0.1) is 0 Å². The Hall–Kier alpha value is -0.530. The predicted octanol–water partition coefficient (Wildman–Crippen LogP) is -0.880. The van der Waals surface area contributed by atoms with E-state index in [9.17, 15) is 13.2 Å². The Balaban J connectivity index is 3.92. The molecule has 3 N–H and O–H groups in total. The molecule has 0 aliphatic heterocycles. The molecule has 7 heteroatoms. The van der Waals surface area contributed by atoms with E-state index in [1.807, 2.05) is 0 Å². The van der Waals surface area contributed by atoms with Gasteiger partial charge in [-0.05, 0) is 0 Å². The van der Waals surface area contributed by atoms with Crippen molar-refractivity contribution in [2.45, 2.75) is 6.42 Å². The predicted molar refractivity (Wildman–Crippen MR) is 42.8 cm³/mol. The Morgan fingerprint density at radius 1 is 1.55 bits per heavy atom. The summed E-state index contributed by atoms with van der Waals surface area (Å²) in [6.07, 6.45) is -0.205. The van der Waals surface area contributed by atoms with Crippen molar-refractivity contribution in [3.05, 3.63) is 0 Å². The third kappa shape index (κ3) is 5.89. The Kier molecular flexibility index (Phi) is 3.56. The average Bonchev–Trinajstić information content (AvgIpc) is 1.80. The highest BCUT2D eigenvalue weighted by Gasteiger charge is 2.09. The van der Waals surface area contributed by atoms with E-state index in [1.54, 1.807) is 0 Å². The minimum absolute atomic E-state index is 0.178. The second kappa shape index (κ2) is 3.74. The van der Waals surface area contributed by atoms with Crippen LogP contribution in [0.3, 0.4) is 0 Å². The Bertz CT molecular complexity index is 268. The molecular weight excluding hydrogens is 190 g/mol. The molecule has 5 nitrogen and oxygen atoms in total. The minimum atomic E-state index is -4.05. The summed E-state index contributed by atoms with van der Waals surface area (Å²) < 4.78 is 28.4. The third-order valence-electron chi connectivity index (χ3n) is 0.862. The quantitative estimate of drug-likeness (QED) is 0.450. The van der Waals surface area contributed by atoms with Gasteiger partial charge in [0.1, 0.15) is 0 Å². The van der Waals surface area contributed by atoms with Crippen LogP contribution >= 0.6 is 12.2 Å². The number of hydrogen-bond acceptors (Lipinski definition) is 4. The lowest BCUT2D eigenvalue weighted by Crippen LogP contribution is -2.23. The number of hydrogen-bond donors (Lipinski definition) is 2. The molecule has 0 spiro atoms. The Labute approximate surface area is 69.3 Å². The van der Waals surface area contributed by atoms with Crippen LogP contribution in [-0.2, 0) is 14.9 Å². The first-order valence-corrected chi connectivity index (χ1v) is 4.62. The number of rotatable bonds is 4. The summed E-state index contributed by atoms with van der Waals surface area (Å²) in [6.45, 7) is 0. The minimum Gasteiger partial charge on any atom is -0.365 e. The first-order chi connectivity index (χ1) is 4.83. The highest BCUT2D eigenvalue weighted by molar-refractivity contribution is 7.86. The van der Waals surface area contributed by atoms with E-state index in [-0.39, 0.29) is 11.3 Å². The number of nitrogens with two attached hydrogens (primary N) is 1. The van der Waals surface area contributed by atoms with Crippen LogP contribution in [0.1, 0.15) is 6.42 Å². The van der Waals surface area contributed by atoms with E-state index in [2.05, 4.69) is 12.2 Å². The summed E-state index contributed by atoms with van der Waals surface area (Å²) in [5, 5.41) is 0. The zero-order valence-electron chi connectivity index (χ0n) is 5.48. The van der Waals surface area contributed by atoms with Gasteiger partial charge < -0.3 is 5.73 Å². The Morgan fingerprint density at radius 3 is 2.27 bits per heavy atom. The first-order valence-electron chi connectivity index (χ1n) is 2.61. The summed E-state index contributed by atoms with van der Waals surface area (Å²) in [5.74, 6) is -1.39. The van der Waals surface area contributed by atoms with Crippen LogP contribution in [0.25, 0.3) is 0 Å². The van der Waals surface area contributed by atoms with Gasteiger partial charge in [0.05, 0.1) is 10.6 Å². The molecule has 1 amide bonds. The van der Waals surface area contributed by atoms with Gasteiger partial charge in [-0.3, -0.25) is 9.35 Å². The van der Waals surface area contributed by atoms with Gasteiger partial charge in [0.25, 0.3) is 16.0 Å². The van der Waals surface area contributed by atoms with Crippen molar-refractivity contribution in [1.82, 2.24) is 0 Å². The molecule has 0 fully saturated rings. The standard InChI is InChI=1S/C4H7NO4S2/c5-4(6)3(10)1-2-11(7,8)9/h1-2H2,(H2,5,6)(H,7,8,9). The zero-order valence-corrected chi connectivity index (χ0v) is 7.11. The van der Waals surface area contributed by atoms with Gasteiger partial charge in [0, 0.05) is 6.42 Å². The summed E-state index contributed by atoms with van der Waals surface area (Å²) in [7, 11) is -4.05. The van der Waals surface area contributed by atoms with Gasteiger partial charge in [-0.25, -0.2) is 0 Å². The number of carbonyl (C=O) groups excluding carboxylic acids is 1. The van der Waals surface area contributed by atoms with Crippen LogP contribution in [0.2, 0.25) is 0 Å². The van der Waals surface area contributed by atoms with Crippen LogP contribution in [0.5, 0.6) is 0 Å². The molecule has 0 bridgehead atoms. The monoisotopic (exact) mass is 197 g/mol. The van der Waals surface area contributed by atoms with E-state index in [1.165, 1.54) is 0 Å². The molecule has 0 aromatic rings. The van der Waals surface area contributed by atoms with Crippen LogP contribution in [-0.4, -0.2) is 29.5 Å². The van der Waals surface area contributed by atoms with Crippen LogP contribution in [0.4, 0.5) is 0 Å². The molecule has 64 valence electrons. The molecular formula is C4H7NO4S2. The van der Waals surface area contributed by atoms with Crippen molar-refractivity contribution in [2.75, 3.05) is 5.75 Å². The van der Waals surface area contributed by atoms with Crippen molar-refractivity contribution < 1.29 is 17.8 Å². The maximum Gasteiger partial charge on any atom is 0.265 e. The lowest BCUT2D eigenvalue weighted by molar-refractivity contribution is -0.111. The maximum atomic E-state index is 10.2. The Morgan fingerprint density at radius 2 is 2.00 bits per heavy atom. The molecule has 0 radical (unpaired) electrons. The lowest BCUT2D eigenvalue weighted by atomic mass is 10.3. The zero-order chi connectivity index (χ0) is 9.07. The van der Waals surface area contributed by atoms with Gasteiger partial charge in [-0.2, -0.15) is 8.42 Å². The number of amides is 1. The lowest BCUT2D eigenvalue weighted by Gasteiger charge is -1.95. The summed E-state index contributed by atoms with van der Waals surface area (Å²) in [5.41, 5.74) is 4.71. The highest BCUT2D eigenvalue weighted by Crippen LogP contribution is 1.91. The molecule has 0 unspecified atom stereocenters. The molecule has 11 heavy (non-hydrogen) atoms. The van der Waals surface area contributed by atoms with Crippen molar-refractivity contribution in [3.8, 4) is 0 Å². The van der Waals surface area contributed by atoms with Crippen molar-refractivity contribution >= 4 is 33.1 Å². The van der Waals surface area contributed by atoms with Gasteiger partial charge in [-0.1, -0.05) is 12.2 Å². The summed E-state index contributed by atoms with van der Waals surface area (Å²) >= 11 is 4.40. The molecule has 0 aliphatic carbocycles. The van der Waals surface area contributed by atoms with Gasteiger partial charge >= 0.3 is 0 Å². The first kappa shape index (κ1) is 10.5. The maximum absolute atomic E-state index is 10.2. The normalized spacial score (nSPS) is 11.0. The molecule has 0 heterocycles. The van der Waals surface area contributed by atoms with E-state index in [0.29, 0.717) is 0 Å². The van der Waals surface area contributed by atoms with Crippen LogP contribution < -0.4 is 5.73 Å². The smallest absolute Gasteiger partial charge is 0.265 e. The third-order valence-corrected chi connectivity index (χ3v) is 1.99. The highest BCUT2D eigenvalue weighted by atomic mass is 32.2. The topological polar surface area (TPSA) is 97.5 Å². The van der Waals surface area contributed by atoms with Gasteiger partial charge in [0.15, 0.2) is 0 Å². The number of thiocarbonyl (C=S) groups is 1. The van der Waals surface area contributed by atoms with E-state index in [0.717, 1.165) is 0 Å². The second-order valence-electron chi connectivity index (χ2n) is 1.82. The second-order valence-corrected chi connectivity index (χ2v) is 3.89. The van der Waals surface area contributed by atoms with E-state index >= 15 is 0 Å². The summed E-state index contributed by atoms with van der Waals surface area (Å²) in [6, 6.07) is 0. The van der Waals surface area contributed by atoms with Gasteiger partial charge in [0.2, 0.25) is 0 Å². The molecule has 0 aromatic heterocycles. The summed E-state index contributed by atoms with van der Waals surface area (Å²) in [4.78, 5) is 10.0. The molecule has 0 rings (SSSR count). The molecule has 0 aliphatic rings. The number of carbonyl (C=O) groups is 1. The van der Waals surface area contributed by atoms with E-state index < -0.39 is 21.8 Å². The van der Waals surface area contributed by atoms with Crippen LogP contribution in [0.15, 0.2) is 0 Å². The van der Waals surface area contributed by atoms with Crippen molar-refractivity contribution in [3.63, 3.8) is 0 Å². The van der Waals surface area contributed by atoms with Gasteiger partial charge in [-0.15, -0.1) is 0 Å². The van der Waals surface area contributed by atoms with Crippen molar-refractivity contribution in [1.29, 1.82) is 0 Å². The fourth-order valence-electron chi connectivity index (χ4n) is 0.345. The molecule has 0 saturated heterocycles. The fourth-order valence-corrected chi connectivity index (χ4v) is 1.04.